The Bertz CT molecular complexity index is 1260. The number of carbonyl (C=O) groups is 1. The second kappa shape index (κ2) is 9.27. The summed E-state index contributed by atoms with van der Waals surface area (Å²) >= 11 is 0. The number of halogens is 1. The quantitative estimate of drug-likeness (QED) is 0.478. The van der Waals surface area contributed by atoms with Gasteiger partial charge in [-0.15, -0.1) is 0 Å². The molecule has 32 heavy (non-hydrogen) atoms. The van der Waals surface area contributed by atoms with E-state index in [2.05, 4.69) is 37.4 Å². The predicted molar refractivity (Wildman–Crippen MR) is 124 cm³/mol. The van der Waals surface area contributed by atoms with Crippen LogP contribution in [-0.2, 0) is 0 Å². The summed E-state index contributed by atoms with van der Waals surface area (Å²) in [6.07, 6.45) is 7.72. The highest BCUT2D eigenvalue weighted by Crippen LogP contribution is 2.27. The van der Waals surface area contributed by atoms with Gasteiger partial charge in [0.15, 0.2) is 17.8 Å². The smallest absolute Gasteiger partial charge is 0.173 e. The Labute approximate surface area is 185 Å². The predicted octanol–water partition coefficient (Wildman–Crippen LogP) is 3.06. The highest BCUT2D eigenvalue weighted by atomic mass is 19.1. The number of fused-ring (bicyclic) bond motifs is 2. The van der Waals surface area contributed by atoms with E-state index >= 15 is 0 Å². The van der Waals surface area contributed by atoms with E-state index < -0.39 is 0 Å². The van der Waals surface area contributed by atoms with Crippen LogP contribution in [0.25, 0.3) is 16.6 Å². The van der Waals surface area contributed by atoms with Gasteiger partial charge in [-0.1, -0.05) is 0 Å². The molecule has 0 radical (unpaired) electrons. The molecule has 5 rings (SSSR count). The van der Waals surface area contributed by atoms with Crippen molar-refractivity contribution in [3.63, 3.8) is 0 Å². The van der Waals surface area contributed by atoms with Crippen LogP contribution in [0, 0.1) is 12.7 Å². The van der Waals surface area contributed by atoms with E-state index in [9.17, 15) is 9.18 Å². The van der Waals surface area contributed by atoms with Gasteiger partial charge in [0.1, 0.15) is 6.33 Å². The Kier molecular flexibility index (Phi) is 6.27. The van der Waals surface area contributed by atoms with Crippen LogP contribution in [0.4, 0.5) is 15.8 Å². The van der Waals surface area contributed by atoms with Gasteiger partial charge < -0.3 is 19.9 Å². The Balaban J connectivity index is 0.000000165. The lowest BCUT2D eigenvalue weighted by Crippen LogP contribution is -2.49. The van der Waals surface area contributed by atoms with Crippen molar-refractivity contribution in [3.8, 4) is 0 Å². The number of aromatic nitrogens is 4. The van der Waals surface area contributed by atoms with Gasteiger partial charge in [0, 0.05) is 74.0 Å². The zero-order chi connectivity index (χ0) is 22.7. The fourth-order valence-electron chi connectivity index (χ4n) is 3.92. The molecule has 1 aliphatic rings. The van der Waals surface area contributed by atoms with Crippen LogP contribution in [0.2, 0.25) is 0 Å². The van der Waals surface area contributed by atoms with Crippen LogP contribution in [-0.4, -0.2) is 58.4 Å². The number of hydrogen-bond donors (Lipinski definition) is 2. The lowest BCUT2D eigenvalue weighted by atomic mass is 10.1. The zero-order valence-corrected chi connectivity index (χ0v) is 18.3. The van der Waals surface area contributed by atoms with E-state index in [0.717, 1.165) is 53.9 Å². The van der Waals surface area contributed by atoms with Crippen molar-refractivity contribution in [2.24, 2.45) is 0 Å². The van der Waals surface area contributed by atoms with Crippen LogP contribution in [0.15, 0.2) is 43.1 Å². The Morgan fingerprint density at radius 3 is 2.91 bits per heavy atom. The third kappa shape index (κ3) is 4.38. The van der Waals surface area contributed by atoms with E-state index in [1.54, 1.807) is 30.0 Å². The molecule has 0 bridgehead atoms. The number of hydrogen-bond acceptors (Lipinski definition) is 7. The summed E-state index contributed by atoms with van der Waals surface area (Å²) in [4.78, 5) is 25.8. The molecular weight excluding hydrogens is 409 g/mol. The van der Waals surface area contributed by atoms with E-state index in [0.29, 0.717) is 17.3 Å². The van der Waals surface area contributed by atoms with Crippen LogP contribution in [0.1, 0.15) is 23.0 Å². The fraction of sp³-hybridized carbons (Fsp3) is 0.304. The van der Waals surface area contributed by atoms with Crippen molar-refractivity contribution < 1.29 is 9.18 Å². The standard InChI is InChI=1S/C14H16N4O.C9H10FN3/c1-10-7-18(5-4-16-10)13-3-2-11(8-19)14-12(13)6-15-9-17-14;1-6-4-13-5-7(11-2)3-8(10)9(13)12-6/h2-3,6,8-10,16H,4-5,7H2,1H3;3-5,11H,1-2H3. The van der Waals surface area contributed by atoms with Gasteiger partial charge in [0.05, 0.1) is 16.9 Å². The third-order valence-corrected chi connectivity index (χ3v) is 5.43. The molecule has 1 aromatic carbocycles. The molecule has 3 aromatic heterocycles. The van der Waals surface area contributed by atoms with Crippen molar-refractivity contribution in [1.82, 2.24) is 24.7 Å². The topological polar surface area (TPSA) is 87.5 Å². The Morgan fingerprint density at radius 1 is 1.31 bits per heavy atom. The first-order chi connectivity index (χ1) is 15.5. The van der Waals surface area contributed by atoms with E-state index in [1.165, 1.54) is 12.4 Å². The summed E-state index contributed by atoms with van der Waals surface area (Å²) in [6.45, 7) is 6.88. The maximum atomic E-state index is 13.3. The van der Waals surface area contributed by atoms with Gasteiger partial charge in [-0.25, -0.2) is 19.3 Å². The molecule has 2 N–H and O–H groups in total. The highest BCUT2D eigenvalue weighted by Gasteiger charge is 2.18. The third-order valence-electron chi connectivity index (χ3n) is 5.43. The number of aryl methyl sites for hydroxylation is 1. The summed E-state index contributed by atoms with van der Waals surface area (Å²) in [5.41, 5.74) is 4.37. The maximum absolute atomic E-state index is 13.3. The fourth-order valence-corrected chi connectivity index (χ4v) is 3.92. The molecule has 0 aliphatic carbocycles. The molecule has 4 heterocycles. The number of aldehydes is 1. The number of piperazine rings is 1. The second-order valence-electron chi connectivity index (χ2n) is 7.82. The highest BCUT2D eigenvalue weighted by molar-refractivity contribution is 6.01. The molecule has 0 spiro atoms. The van der Waals surface area contributed by atoms with Gasteiger partial charge in [-0.2, -0.15) is 0 Å². The van der Waals surface area contributed by atoms with Crippen LogP contribution in [0.3, 0.4) is 0 Å². The van der Waals surface area contributed by atoms with Crippen molar-refractivity contribution >= 4 is 34.2 Å². The number of carbonyl (C=O) groups excluding carboxylic acids is 1. The monoisotopic (exact) mass is 435 g/mol. The minimum Gasteiger partial charge on any atom is -0.387 e. The molecule has 0 amide bonds. The number of imidazole rings is 1. The average Bonchev–Trinajstić information content (AvgIpc) is 3.19. The SMILES string of the molecule is CC1CN(c2ccc(C=O)c3ncncc23)CCN1.CNc1cc(F)c2nc(C)cn2c1. The number of rotatable bonds is 3. The van der Waals surface area contributed by atoms with E-state index in [-0.39, 0.29) is 5.82 Å². The minimum absolute atomic E-state index is 0.306. The van der Waals surface area contributed by atoms with Gasteiger partial charge in [0.25, 0.3) is 0 Å². The normalized spacial score (nSPS) is 16.0. The molecule has 1 unspecified atom stereocenters. The van der Waals surface area contributed by atoms with Crippen molar-refractivity contribution in [3.05, 3.63) is 60.2 Å². The van der Waals surface area contributed by atoms with Crippen molar-refractivity contribution in [2.45, 2.75) is 19.9 Å². The largest absolute Gasteiger partial charge is 0.387 e. The number of nitrogens with one attached hydrogen (secondary N) is 2. The Hall–Kier alpha value is -3.59. The second-order valence-corrected chi connectivity index (χ2v) is 7.82. The summed E-state index contributed by atoms with van der Waals surface area (Å²) < 4.78 is 15.0. The average molecular weight is 436 g/mol. The summed E-state index contributed by atoms with van der Waals surface area (Å²) in [7, 11) is 1.75. The molecule has 1 fully saturated rings. The van der Waals surface area contributed by atoms with Crippen molar-refractivity contribution in [2.75, 3.05) is 36.9 Å². The zero-order valence-electron chi connectivity index (χ0n) is 18.3. The maximum Gasteiger partial charge on any atom is 0.173 e. The molecule has 0 saturated carbocycles. The Morgan fingerprint density at radius 2 is 2.16 bits per heavy atom. The molecule has 1 saturated heterocycles. The lowest BCUT2D eigenvalue weighted by molar-refractivity contribution is 0.112. The molecule has 4 aromatic rings. The van der Waals surface area contributed by atoms with Crippen LogP contribution < -0.4 is 15.5 Å². The molecule has 1 atom stereocenters. The number of benzene rings is 1. The van der Waals surface area contributed by atoms with Gasteiger partial charge >= 0.3 is 0 Å². The van der Waals surface area contributed by atoms with Gasteiger partial charge in [-0.05, 0) is 26.0 Å². The van der Waals surface area contributed by atoms with Crippen molar-refractivity contribution in [1.29, 1.82) is 0 Å². The molecule has 1 aliphatic heterocycles. The minimum atomic E-state index is -0.306. The first kappa shape index (κ1) is 21.6. The van der Waals surface area contributed by atoms with E-state index in [1.807, 2.05) is 19.1 Å². The molecule has 166 valence electrons. The van der Waals surface area contributed by atoms with Crippen LogP contribution >= 0.6 is 0 Å². The molecule has 8 nitrogen and oxygen atoms in total. The number of pyridine rings is 1. The molecule has 9 heteroatoms. The van der Waals surface area contributed by atoms with E-state index in [4.69, 9.17) is 0 Å². The van der Waals surface area contributed by atoms with Gasteiger partial charge in [0.2, 0.25) is 0 Å². The first-order valence-electron chi connectivity index (χ1n) is 10.5. The first-order valence-corrected chi connectivity index (χ1v) is 10.5. The summed E-state index contributed by atoms with van der Waals surface area (Å²) in [5.74, 6) is -0.306. The molecular formula is C23H26FN7O. The summed E-state index contributed by atoms with van der Waals surface area (Å²) in [6, 6.07) is 5.72. The van der Waals surface area contributed by atoms with Crippen LogP contribution in [0.5, 0.6) is 0 Å². The number of nitrogens with zero attached hydrogens (tertiary/aromatic N) is 5. The lowest BCUT2D eigenvalue weighted by Gasteiger charge is -2.34. The van der Waals surface area contributed by atoms with Gasteiger partial charge in [-0.3, -0.25) is 4.79 Å². The number of anilines is 2. The summed E-state index contributed by atoms with van der Waals surface area (Å²) in [5, 5.41) is 7.25.